The van der Waals surface area contributed by atoms with E-state index < -0.39 is 58.4 Å². The first-order chi connectivity index (χ1) is 15.9. The van der Waals surface area contributed by atoms with E-state index in [1.807, 2.05) is 20.8 Å². The van der Waals surface area contributed by atoms with E-state index >= 15 is 4.39 Å². The fourth-order valence-corrected chi connectivity index (χ4v) is 8.07. The van der Waals surface area contributed by atoms with E-state index in [4.69, 9.17) is 4.74 Å². The van der Waals surface area contributed by atoms with E-state index in [1.54, 1.807) is 13.0 Å². The van der Waals surface area contributed by atoms with Crippen LogP contribution < -0.4 is 0 Å². The summed E-state index contributed by atoms with van der Waals surface area (Å²) in [6.45, 7) is 6.55. The molecule has 0 aromatic heterocycles. The summed E-state index contributed by atoms with van der Waals surface area (Å²) in [5.41, 5.74) is -5.11. The number of hydrogen-bond acceptors (Lipinski definition) is 6. The van der Waals surface area contributed by atoms with Gasteiger partial charge >= 0.3 is 5.97 Å². The van der Waals surface area contributed by atoms with Crippen LogP contribution in [0.25, 0.3) is 0 Å². The van der Waals surface area contributed by atoms with Crippen LogP contribution in [0.3, 0.4) is 0 Å². The normalized spacial score (nSPS) is 45.1. The van der Waals surface area contributed by atoms with Gasteiger partial charge in [-0.25, -0.2) is 4.39 Å². The summed E-state index contributed by atoms with van der Waals surface area (Å²) in [7, 11) is 0. The maximum absolute atomic E-state index is 17.3. The van der Waals surface area contributed by atoms with Crippen molar-refractivity contribution in [1.82, 2.24) is 0 Å². The summed E-state index contributed by atoms with van der Waals surface area (Å²) in [6, 6.07) is 0. The SMILES string of the molecule is CCCCC(=O)OC1(C(=O)CO)[C@H](C)C[C@H]2[C@@H]3CCC4=CC(=O)C=C[C@]4(C)[C@@]3(F)[C@@H](O)C[C@@]21C. The van der Waals surface area contributed by atoms with Crippen molar-refractivity contribution in [2.45, 2.75) is 90.0 Å². The molecule has 0 heterocycles. The standard InChI is InChI=1S/C27H37FO6/c1-5-6-7-23(33)34-27(22(32)15-29)16(2)12-20-19-9-8-17-13-18(30)10-11-24(17,3)26(19,28)21(31)14-25(20,27)4/h10-11,13,16,19-21,29,31H,5-9,12,14-15H2,1-4H3/t16-,19+,20+,21+,24+,25+,26+,27?/m1/s1. The van der Waals surface area contributed by atoms with Crippen molar-refractivity contribution in [1.29, 1.82) is 0 Å². The minimum atomic E-state index is -2.03. The Labute approximate surface area is 200 Å². The maximum Gasteiger partial charge on any atom is 0.306 e. The highest BCUT2D eigenvalue weighted by atomic mass is 19.1. The van der Waals surface area contributed by atoms with Crippen molar-refractivity contribution < 1.29 is 33.7 Å². The molecule has 7 heteroatoms. The molecule has 0 spiro atoms. The van der Waals surface area contributed by atoms with Crippen molar-refractivity contribution in [2.24, 2.45) is 28.6 Å². The zero-order chi connectivity index (χ0) is 25.1. The van der Waals surface area contributed by atoms with Crippen molar-refractivity contribution in [3.8, 4) is 0 Å². The molecule has 2 N–H and O–H groups in total. The van der Waals surface area contributed by atoms with E-state index in [9.17, 15) is 24.6 Å². The Kier molecular flexibility index (Phi) is 6.21. The molecule has 6 nitrogen and oxygen atoms in total. The van der Waals surface area contributed by atoms with E-state index in [-0.39, 0.29) is 24.5 Å². The molecule has 188 valence electrons. The molecular weight excluding hydrogens is 439 g/mol. The summed E-state index contributed by atoms with van der Waals surface area (Å²) in [4.78, 5) is 38.1. The number of carbonyl (C=O) groups excluding carboxylic acids is 3. The zero-order valence-electron chi connectivity index (χ0n) is 20.6. The summed E-state index contributed by atoms with van der Waals surface area (Å²) < 4.78 is 23.3. The van der Waals surface area contributed by atoms with E-state index in [1.165, 1.54) is 12.2 Å². The number of ketones is 2. The van der Waals surface area contributed by atoms with Crippen LogP contribution in [-0.4, -0.2) is 51.7 Å². The highest BCUT2D eigenvalue weighted by Crippen LogP contribution is 2.71. The average molecular weight is 477 g/mol. The van der Waals surface area contributed by atoms with Crippen LogP contribution in [0.2, 0.25) is 0 Å². The van der Waals surface area contributed by atoms with Gasteiger partial charge in [0.15, 0.2) is 17.1 Å². The Morgan fingerprint density at radius 3 is 2.62 bits per heavy atom. The number of aliphatic hydroxyl groups excluding tert-OH is 2. The van der Waals surface area contributed by atoms with Crippen LogP contribution in [0.15, 0.2) is 23.8 Å². The number of rotatable bonds is 6. The van der Waals surface area contributed by atoms with Crippen LogP contribution in [0.4, 0.5) is 4.39 Å². The first-order valence-electron chi connectivity index (χ1n) is 12.6. The molecule has 34 heavy (non-hydrogen) atoms. The van der Waals surface area contributed by atoms with Gasteiger partial charge in [-0.1, -0.05) is 38.8 Å². The number of Topliss-reactive ketones (excluding diaryl/α,β-unsaturated/α-hetero) is 1. The molecular formula is C27H37FO6. The molecule has 0 saturated heterocycles. The lowest BCUT2D eigenvalue weighted by molar-refractivity contribution is -0.228. The molecule has 4 aliphatic rings. The Morgan fingerprint density at radius 2 is 1.97 bits per heavy atom. The molecule has 0 bridgehead atoms. The molecule has 1 unspecified atom stereocenters. The highest BCUT2D eigenvalue weighted by molar-refractivity contribution is 6.01. The second-order valence-corrected chi connectivity index (χ2v) is 11.3. The minimum absolute atomic E-state index is 0.0769. The summed E-state index contributed by atoms with van der Waals surface area (Å²) in [5.74, 6) is -2.62. The van der Waals surface area contributed by atoms with Crippen molar-refractivity contribution in [3.05, 3.63) is 23.8 Å². The van der Waals surface area contributed by atoms with Crippen LogP contribution in [0, 0.1) is 28.6 Å². The molecule has 3 fully saturated rings. The molecule has 0 aromatic carbocycles. The predicted octanol–water partition coefficient (Wildman–Crippen LogP) is 3.64. The number of allylic oxidation sites excluding steroid dienone is 4. The van der Waals surface area contributed by atoms with Gasteiger partial charge in [0.2, 0.25) is 5.78 Å². The monoisotopic (exact) mass is 476 g/mol. The van der Waals surface area contributed by atoms with Gasteiger partial charge in [-0.3, -0.25) is 14.4 Å². The van der Waals surface area contributed by atoms with Crippen molar-refractivity contribution >= 4 is 17.5 Å². The van der Waals surface area contributed by atoms with Gasteiger partial charge in [0, 0.05) is 29.1 Å². The topological polar surface area (TPSA) is 101 Å². The number of aliphatic hydroxyl groups is 2. The number of alkyl halides is 1. The lowest BCUT2D eigenvalue weighted by Crippen LogP contribution is -2.70. The van der Waals surface area contributed by atoms with Crippen LogP contribution in [-0.2, 0) is 19.1 Å². The first kappa shape index (κ1) is 25.2. The lowest BCUT2D eigenvalue weighted by Gasteiger charge is -2.62. The van der Waals surface area contributed by atoms with Gasteiger partial charge in [-0.05, 0) is 57.1 Å². The largest absolute Gasteiger partial charge is 0.450 e. The van der Waals surface area contributed by atoms with Gasteiger partial charge in [0.05, 0.1) is 6.10 Å². The molecule has 4 aliphatic carbocycles. The van der Waals surface area contributed by atoms with Crippen LogP contribution in [0.5, 0.6) is 0 Å². The molecule has 0 aliphatic heterocycles. The second-order valence-electron chi connectivity index (χ2n) is 11.3. The van der Waals surface area contributed by atoms with E-state index in [2.05, 4.69) is 0 Å². The van der Waals surface area contributed by atoms with E-state index in [0.717, 1.165) is 6.42 Å². The van der Waals surface area contributed by atoms with Gasteiger partial charge in [0.25, 0.3) is 0 Å². The molecule has 8 atom stereocenters. The Morgan fingerprint density at radius 1 is 1.26 bits per heavy atom. The maximum atomic E-state index is 17.3. The third kappa shape index (κ3) is 3.08. The number of esters is 1. The Hall–Kier alpha value is -1.86. The first-order valence-corrected chi connectivity index (χ1v) is 12.6. The average Bonchev–Trinajstić information content (AvgIpc) is 3.00. The van der Waals surface area contributed by atoms with Gasteiger partial charge < -0.3 is 14.9 Å². The number of ether oxygens (including phenoxy) is 1. The van der Waals surface area contributed by atoms with Gasteiger partial charge in [-0.2, -0.15) is 0 Å². The second kappa shape index (κ2) is 8.37. The smallest absolute Gasteiger partial charge is 0.306 e. The van der Waals surface area contributed by atoms with Gasteiger partial charge in [-0.15, -0.1) is 0 Å². The third-order valence-corrected chi connectivity index (χ3v) is 9.75. The molecule has 0 radical (unpaired) electrons. The number of hydrogen-bond donors (Lipinski definition) is 2. The minimum Gasteiger partial charge on any atom is -0.450 e. The number of halogens is 1. The van der Waals surface area contributed by atoms with Crippen molar-refractivity contribution in [3.63, 3.8) is 0 Å². The van der Waals surface area contributed by atoms with Crippen molar-refractivity contribution in [2.75, 3.05) is 6.61 Å². The van der Waals surface area contributed by atoms with Crippen LogP contribution in [0.1, 0.15) is 72.6 Å². The van der Waals surface area contributed by atoms with Crippen LogP contribution >= 0.6 is 0 Å². The molecule has 4 rings (SSSR count). The van der Waals surface area contributed by atoms with E-state index in [0.29, 0.717) is 31.3 Å². The Bertz CT molecular complexity index is 957. The fourth-order valence-electron chi connectivity index (χ4n) is 8.07. The third-order valence-electron chi connectivity index (χ3n) is 9.75. The zero-order valence-corrected chi connectivity index (χ0v) is 20.6. The highest BCUT2D eigenvalue weighted by Gasteiger charge is 2.77. The predicted molar refractivity (Wildman–Crippen MR) is 123 cm³/mol. The molecule has 0 amide bonds. The lowest BCUT2D eigenvalue weighted by atomic mass is 9.44. The quantitative estimate of drug-likeness (QED) is 0.568. The molecule has 0 aromatic rings. The Balaban J connectivity index is 1.80. The number of unbranched alkanes of at least 4 members (excludes halogenated alkanes) is 1. The number of carbonyl (C=O) groups is 3. The summed E-state index contributed by atoms with van der Waals surface area (Å²) in [6.07, 6.45) is 5.92. The number of fused-ring (bicyclic) bond motifs is 5. The fraction of sp³-hybridized carbons (Fsp3) is 0.741. The van der Waals surface area contributed by atoms with Gasteiger partial charge in [0.1, 0.15) is 6.61 Å². The molecule has 3 saturated carbocycles. The summed E-state index contributed by atoms with van der Waals surface area (Å²) in [5, 5.41) is 21.4. The summed E-state index contributed by atoms with van der Waals surface area (Å²) >= 11 is 0.